The van der Waals surface area contributed by atoms with Crippen LogP contribution < -0.4 is 4.90 Å². The van der Waals surface area contributed by atoms with Crippen molar-refractivity contribution in [1.29, 1.82) is 0 Å². The fourth-order valence-electron chi connectivity index (χ4n) is 1.96. The number of nitrogens with zero attached hydrogens (tertiary/aromatic N) is 3. The van der Waals surface area contributed by atoms with E-state index < -0.39 is 0 Å². The Kier molecular flexibility index (Phi) is 4.34. The Bertz CT molecular complexity index is 353. The van der Waals surface area contributed by atoms with Crippen molar-refractivity contribution >= 4 is 21.9 Å². The molecule has 1 fully saturated rings. The summed E-state index contributed by atoms with van der Waals surface area (Å²) in [6, 6.07) is 0.0665. The smallest absolute Gasteiger partial charge is 0.225 e. The second-order valence-electron chi connectivity index (χ2n) is 4.68. The third-order valence-corrected chi connectivity index (χ3v) is 3.75. The molecule has 1 aromatic heterocycles. The maximum absolute atomic E-state index is 9.32. The Hall–Kier alpha value is -0.680. The molecule has 1 aliphatic rings. The molecular formula is C12H18BrN3O. The second-order valence-corrected chi connectivity index (χ2v) is 5.60. The van der Waals surface area contributed by atoms with Gasteiger partial charge in [0.05, 0.1) is 17.1 Å². The highest BCUT2D eigenvalue weighted by atomic mass is 79.9. The van der Waals surface area contributed by atoms with E-state index in [9.17, 15) is 5.11 Å². The van der Waals surface area contributed by atoms with Gasteiger partial charge < -0.3 is 10.0 Å². The van der Waals surface area contributed by atoms with Crippen molar-refractivity contribution in [2.45, 2.75) is 32.2 Å². The molecule has 1 saturated carbocycles. The van der Waals surface area contributed by atoms with E-state index in [0.29, 0.717) is 5.95 Å². The quantitative estimate of drug-likeness (QED) is 0.906. The maximum Gasteiger partial charge on any atom is 0.225 e. The van der Waals surface area contributed by atoms with Gasteiger partial charge in [-0.3, -0.25) is 0 Å². The summed E-state index contributed by atoms with van der Waals surface area (Å²) in [5, 5.41) is 9.32. The Labute approximate surface area is 110 Å². The third kappa shape index (κ3) is 3.16. The van der Waals surface area contributed by atoms with Gasteiger partial charge in [-0.2, -0.15) is 0 Å². The second kappa shape index (κ2) is 5.78. The standard InChI is InChI=1S/C12H18BrN3O/c1-9(8-17)16(7-10-3-2-4-10)12-14-5-11(13)6-15-12/h5-6,9-10,17H,2-4,7-8H2,1H3. The van der Waals surface area contributed by atoms with E-state index in [1.165, 1.54) is 19.3 Å². The van der Waals surface area contributed by atoms with Crippen LogP contribution in [0.3, 0.4) is 0 Å². The van der Waals surface area contributed by atoms with Crippen molar-refractivity contribution in [2.24, 2.45) is 5.92 Å². The lowest BCUT2D eigenvalue weighted by atomic mass is 9.85. The lowest BCUT2D eigenvalue weighted by Gasteiger charge is -2.35. The number of aliphatic hydroxyl groups excluding tert-OH is 1. The van der Waals surface area contributed by atoms with Crippen molar-refractivity contribution in [3.8, 4) is 0 Å². The lowest BCUT2D eigenvalue weighted by Crippen LogP contribution is -2.41. The Morgan fingerprint density at radius 1 is 1.47 bits per heavy atom. The van der Waals surface area contributed by atoms with Crippen LogP contribution in [-0.4, -0.2) is 34.3 Å². The van der Waals surface area contributed by atoms with Crippen LogP contribution in [0.4, 0.5) is 5.95 Å². The zero-order valence-corrected chi connectivity index (χ0v) is 11.6. The van der Waals surface area contributed by atoms with Crippen LogP contribution in [0, 0.1) is 5.92 Å². The van der Waals surface area contributed by atoms with E-state index in [4.69, 9.17) is 0 Å². The number of hydrogen-bond donors (Lipinski definition) is 1. The predicted molar refractivity (Wildman–Crippen MR) is 71.0 cm³/mol. The Balaban J connectivity index is 2.10. The number of rotatable bonds is 5. The normalized spacial score (nSPS) is 17.6. The number of halogens is 1. The highest BCUT2D eigenvalue weighted by Crippen LogP contribution is 2.28. The average molecular weight is 300 g/mol. The summed E-state index contributed by atoms with van der Waals surface area (Å²) in [5.41, 5.74) is 0. The summed E-state index contributed by atoms with van der Waals surface area (Å²) in [5.74, 6) is 1.44. The SMILES string of the molecule is CC(CO)N(CC1CCC1)c1ncc(Br)cn1. The van der Waals surface area contributed by atoms with E-state index in [1.807, 2.05) is 6.92 Å². The van der Waals surface area contributed by atoms with Crippen molar-refractivity contribution in [1.82, 2.24) is 9.97 Å². The zero-order valence-electron chi connectivity index (χ0n) is 10.0. The van der Waals surface area contributed by atoms with Crippen LogP contribution in [0.2, 0.25) is 0 Å². The number of aromatic nitrogens is 2. The molecule has 2 rings (SSSR count). The lowest BCUT2D eigenvalue weighted by molar-refractivity contribution is 0.248. The molecule has 0 spiro atoms. The molecule has 94 valence electrons. The molecule has 0 saturated heterocycles. The van der Waals surface area contributed by atoms with Gasteiger partial charge in [0.1, 0.15) is 0 Å². The molecule has 17 heavy (non-hydrogen) atoms. The molecule has 1 aliphatic carbocycles. The topological polar surface area (TPSA) is 49.2 Å². The monoisotopic (exact) mass is 299 g/mol. The maximum atomic E-state index is 9.32. The summed E-state index contributed by atoms with van der Waals surface area (Å²) >= 11 is 3.33. The molecule has 1 N–H and O–H groups in total. The van der Waals surface area contributed by atoms with Crippen LogP contribution in [0.25, 0.3) is 0 Å². The van der Waals surface area contributed by atoms with E-state index in [-0.39, 0.29) is 12.6 Å². The van der Waals surface area contributed by atoms with E-state index in [0.717, 1.165) is 16.9 Å². The van der Waals surface area contributed by atoms with Crippen molar-refractivity contribution in [2.75, 3.05) is 18.1 Å². The summed E-state index contributed by atoms with van der Waals surface area (Å²) in [6.45, 7) is 3.08. The minimum Gasteiger partial charge on any atom is -0.394 e. The first kappa shape index (κ1) is 12.8. The largest absolute Gasteiger partial charge is 0.394 e. The predicted octanol–water partition coefficient (Wildman–Crippen LogP) is 2.23. The van der Waals surface area contributed by atoms with Crippen molar-refractivity contribution in [3.63, 3.8) is 0 Å². The summed E-state index contributed by atoms with van der Waals surface area (Å²) in [7, 11) is 0. The highest BCUT2D eigenvalue weighted by Gasteiger charge is 2.24. The zero-order chi connectivity index (χ0) is 12.3. The van der Waals surface area contributed by atoms with Gasteiger partial charge in [0.25, 0.3) is 0 Å². The number of anilines is 1. The van der Waals surface area contributed by atoms with Gasteiger partial charge >= 0.3 is 0 Å². The minimum atomic E-state index is 0.0665. The molecule has 5 heteroatoms. The number of aliphatic hydroxyl groups is 1. The average Bonchev–Trinajstić information content (AvgIpc) is 2.29. The molecule has 0 aliphatic heterocycles. The fourth-order valence-corrected chi connectivity index (χ4v) is 2.17. The van der Waals surface area contributed by atoms with Gasteiger partial charge in [-0.15, -0.1) is 0 Å². The summed E-state index contributed by atoms with van der Waals surface area (Å²) in [6.07, 6.45) is 7.39. The van der Waals surface area contributed by atoms with Crippen molar-refractivity contribution in [3.05, 3.63) is 16.9 Å². The Morgan fingerprint density at radius 3 is 2.59 bits per heavy atom. The molecule has 1 unspecified atom stereocenters. The number of hydrogen-bond acceptors (Lipinski definition) is 4. The third-order valence-electron chi connectivity index (χ3n) is 3.34. The van der Waals surface area contributed by atoms with Gasteiger partial charge in [0.2, 0.25) is 5.95 Å². The summed E-state index contributed by atoms with van der Waals surface area (Å²) < 4.78 is 0.876. The van der Waals surface area contributed by atoms with Gasteiger partial charge in [-0.05, 0) is 41.6 Å². The highest BCUT2D eigenvalue weighted by molar-refractivity contribution is 9.10. The van der Waals surface area contributed by atoms with Crippen molar-refractivity contribution < 1.29 is 5.11 Å². The van der Waals surface area contributed by atoms with Crippen LogP contribution in [0.15, 0.2) is 16.9 Å². The first-order chi connectivity index (χ1) is 8.20. The molecule has 1 heterocycles. The fraction of sp³-hybridized carbons (Fsp3) is 0.667. The summed E-state index contributed by atoms with van der Waals surface area (Å²) in [4.78, 5) is 10.7. The first-order valence-electron chi connectivity index (χ1n) is 6.05. The van der Waals surface area contributed by atoms with Gasteiger partial charge in [0, 0.05) is 18.9 Å². The first-order valence-corrected chi connectivity index (χ1v) is 6.85. The van der Waals surface area contributed by atoms with Crippen LogP contribution in [0.1, 0.15) is 26.2 Å². The molecule has 0 aromatic carbocycles. The van der Waals surface area contributed by atoms with Crippen LogP contribution >= 0.6 is 15.9 Å². The van der Waals surface area contributed by atoms with Gasteiger partial charge in [0.15, 0.2) is 0 Å². The van der Waals surface area contributed by atoms with E-state index in [1.54, 1.807) is 12.4 Å². The van der Waals surface area contributed by atoms with Gasteiger partial charge in [-0.25, -0.2) is 9.97 Å². The molecule has 1 aromatic rings. The molecular weight excluding hydrogens is 282 g/mol. The van der Waals surface area contributed by atoms with E-state index in [2.05, 4.69) is 30.8 Å². The molecule has 0 radical (unpaired) electrons. The molecule has 1 atom stereocenters. The molecule has 4 nitrogen and oxygen atoms in total. The van der Waals surface area contributed by atoms with E-state index >= 15 is 0 Å². The van der Waals surface area contributed by atoms with Gasteiger partial charge in [-0.1, -0.05) is 6.42 Å². The van der Waals surface area contributed by atoms with Crippen LogP contribution in [-0.2, 0) is 0 Å². The Morgan fingerprint density at radius 2 is 2.12 bits per heavy atom. The van der Waals surface area contributed by atoms with Crippen LogP contribution in [0.5, 0.6) is 0 Å². The molecule has 0 amide bonds. The minimum absolute atomic E-state index is 0.0665. The molecule has 0 bridgehead atoms.